The topological polar surface area (TPSA) is 48.5 Å². The predicted molar refractivity (Wildman–Crippen MR) is 105 cm³/mol. The molecule has 0 unspecified atom stereocenters. The van der Waals surface area contributed by atoms with Gasteiger partial charge in [-0.25, -0.2) is 9.78 Å². The molecule has 3 aliphatic rings. The highest BCUT2D eigenvalue weighted by atomic mass is 32.1. The Labute approximate surface area is 158 Å². The predicted octanol–water partition coefficient (Wildman–Crippen LogP) is 3.29. The van der Waals surface area contributed by atoms with E-state index in [0.717, 1.165) is 54.8 Å². The molecule has 5 rings (SSSR count). The van der Waals surface area contributed by atoms with Crippen LogP contribution in [-0.4, -0.2) is 48.1 Å². The van der Waals surface area contributed by atoms with Crippen molar-refractivity contribution in [3.05, 3.63) is 34.8 Å². The molecule has 2 amide bonds. The van der Waals surface area contributed by atoms with Gasteiger partial charge in [0.15, 0.2) is 0 Å². The molecule has 1 aromatic carbocycles. The molecular formula is C20H24N4OS. The Bertz CT molecular complexity index is 786. The van der Waals surface area contributed by atoms with E-state index in [4.69, 9.17) is 4.98 Å². The Morgan fingerprint density at radius 1 is 1.08 bits per heavy atom. The van der Waals surface area contributed by atoms with Gasteiger partial charge in [0.1, 0.15) is 5.01 Å². The van der Waals surface area contributed by atoms with E-state index < -0.39 is 0 Å². The smallest absolute Gasteiger partial charge is 0.321 e. The summed E-state index contributed by atoms with van der Waals surface area (Å²) >= 11 is 1.85. The molecule has 1 aromatic heterocycles. The number of carbonyl (C=O) groups is 1. The van der Waals surface area contributed by atoms with E-state index in [1.54, 1.807) is 4.90 Å². The second-order valence-corrected chi connectivity index (χ2v) is 8.52. The van der Waals surface area contributed by atoms with Crippen LogP contribution in [0.15, 0.2) is 24.3 Å². The Morgan fingerprint density at radius 3 is 2.58 bits per heavy atom. The van der Waals surface area contributed by atoms with Crippen LogP contribution in [0.4, 0.5) is 10.5 Å². The van der Waals surface area contributed by atoms with Crippen LogP contribution in [0, 0.1) is 0 Å². The average Bonchev–Trinajstić information content (AvgIpc) is 3.17. The van der Waals surface area contributed by atoms with Gasteiger partial charge in [-0.3, -0.25) is 9.80 Å². The molecule has 2 aliphatic heterocycles. The summed E-state index contributed by atoms with van der Waals surface area (Å²) in [5, 5.41) is 3.96. The highest BCUT2D eigenvalue weighted by Crippen LogP contribution is 2.33. The number of anilines is 1. The van der Waals surface area contributed by atoms with E-state index in [1.165, 1.54) is 36.4 Å². The van der Waals surface area contributed by atoms with Crippen molar-refractivity contribution < 1.29 is 4.79 Å². The van der Waals surface area contributed by atoms with Crippen LogP contribution in [0.2, 0.25) is 0 Å². The summed E-state index contributed by atoms with van der Waals surface area (Å²) in [4.78, 5) is 22.7. The van der Waals surface area contributed by atoms with Crippen molar-refractivity contribution in [1.29, 1.82) is 0 Å². The number of rotatable bonds is 3. The number of carbonyl (C=O) groups excluding carboxylic acids is 1. The lowest BCUT2D eigenvalue weighted by Gasteiger charge is -2.36. The number of thiazole rings is 1. The highest BCUT2D eigenvalue weighted by molar-refractivity contribution is 7.15. The molecule has 1 saturated carbocycles. The molecule has 0 bridgehead atoms. The van der Waals surface area contributed by atoms with E-state index in [0.29, 0.717) is 0 Å². The molecule has 2 fully saturated rings. The summed E-state index contributed by atoms with van der Waals surface area (Å²) < 4.78 is 0. The van der Waals surface area contributed by atoms with Crippen molar-refractivity contribution in [2.75, 3.05) is 31.1 Å². The second-order valence-electron chi connectivity index (χ2n) is 7.44. The number of hydrogen-bond acceptors (Lipinski definition) is 4. The van der Waals surface area contributed by atoms with Gasteiger partial charge < -0.3 is 5.32 Å². The lowest BCUT2D eigenvalue weighted by Crippen LogP contribution is -2.41. The van der Waals surface area contributed by atoms with Gasteiger partial charge in [-0.05, 0) is 43.5 Å². The third-order valence-corrected chi connectivity index (χ3v) is 7.12. The number of hydrogen-bond donors (Lipinski definition) is 1. The van der Waals surface area contributed by atoms with Crippen molar-refractivity contribution in [3.63, 3.8) is 0 Å². The number of fused-ring (bicyclic) bond motifs is 1. The molecule has 6 heteroatoms. The number of nitrogens with zero attached hydrogens (tertiary/aromatic N) is 3. The van der Waals surface area contributed by atoms with Gasteiger partial charge in [0.2, 0.25) is 0 Å². The zero-order valence-corrected chi connectivity index (χ0v) is 15.7. The molecule has 0 radical (unpaired) electrons. The molecule has 1 saturated heterocycles. The molecule has 1 N–H and O–H groups in total. The lowest BCUT2D eigenvalue weighted by atomic mass is 9.91. The van der Waals surface area contributed by atoms with Gasteiger partial charge in [0.05, 0.1) is 5.69 Å². The SMILES string of the molecule is O=C1NCCN1c1ccc(-c2nc3c(s2)CCN(C2CCC2)CC3)cc1. The first-order valence-corrected chi connectivity index (χ1v) is 10.5. The zero-order chi connectivity index (χ0) is 17.5. The van der Waals surface area contributed by atoms with Crippen LogP contribution in [0.25, 0.3) is 10.6 Å². The minimum Gasteiger partial charge on any atom is -0.336 e. The second kappa shape index (κ2) is 6.67. The minimum absolute atomic E-state index is 0.00488. The van der Waals surface area contributed by atoms with Crippen LogP contribution in [0.3, 0.4) is 0 Å². The molecule has 136 valence electrons. The normalized spacial score (nSPS) is 21.2. The zero-order valence-electron chi connectivity index (χ0n) is 14.9. The summed E-state index contributed by atoms with van der Waals surface area (Å²) in [6.45, 7) is 3.80. The fourth-order valence-corrected chi connectivity index (χ4v) is 5.22. The Hall–Kier alpha value is -1.92. The number of benzene rings is 1. The molecule has 0 spiro atoms. The number of urea groups is 1. The third kappa shape index (κ3) is 2.91. The molecule has 0 atom stereocenters. The first-order valence-electron chi connectivity index (χ1n) is 9.66. The van der Waals surface area contributed by atoms with Gasteiger partial charge in [-0.1, -0.05) is 6.42 Å². The maximum absolute atomic E-state index is 11.8. The standard InChI is InChI=1S/C20H24N4OS/c25-20-21-10-13-24(20)16-6-4-14(5-7-16)19-22-17-8-11-23(15-2-1-3-15)12-9-18(17)26-19/h4-7,15H,1-3,8-13H2,(H,21,25). The van der Waals surface area contributed by atoms with E-state index in [2.05, 4.69) is 22.3 Å². The number of nitrogens with one attached hydrogen (secondary N) is 1. The van der Waals surface area contributed by atoms with Crippen LogP contribution in [-0.2, 0) is 12.8 Å². The Morgan fingerprint density at radius 2 is 1.88 bits per heavy atom. The fraction of sp³-hybridized carbons (Fsp3) is 0.500. The van der Waals surface area contributed by atoms with E-state index >= 15 is 0 Å². The monoisotopic (exact) mass is 368 g/mol. The van der Waals surface area contributed by atoms with E-state index in [1.807, 2.05) is 23.5 Å². The van der Waals surface area contributed by atoms with Crippen molar-refractivity contribution in [2.45, 2.75) is 38.1 Å². The summed E-state index contributed by atoms with van der Waals surface area (Å²) in [7, 11) is 0. The Kier molecular flexibility index (Phi) is 4.17. The van der Waals surface area contributed by atoms with E-state index in [-0.39, 0.29) is 6.03 Å². The van der Waals surface area contributed by atoms with Crippen molar-refractivity contribution >= 4 is 23.1 Å². The van der Waals surface area contributed by atoms with Crippen LogP contribution in [0.1, 0.15) is 29.8 Å². The maximum atomic E-state index is 11.8. The van der Waals surface area contributed by atoms with Crippen LogP contribution < -0.4 is 10.2 Å². The first-order chi connectivity index (χ1) is 12.8. The number of amides is 2. The summed E-state index contributed by atoms with van der Waals surface area (Å²) in [6, 6.07) is 9.09. The van der Waals surface area contributed by atoms with Gasteiger partial charge in [-0.15, -0.1) is 11.3 Å². The van der Waals surface area contributed by atoms with Gasteiger partial charge in [0.25, 0.3) is 0 Å². The van der Waals surface area contributed by atoms with Crippen molar-refractivity contribution in [3.8, 4) is 10.6 Å². The third-order valence-electron chi connectivity index (χ3n) is 5.91. The Balaban J connectivity index is 1.32. The summed E-state index contributed by atoms with van der Waals surface area (Å²) in [6.07, 6.45) is 6.38. The fourth-order valence-electron chi connectivity index (χ4n) is 4.12. The summed E-state index contributed by atoms with van der Waals surface area (Å²) in [5.74, 6) is 0. The molecule has 26 heavy (non-hydrogen) atoms. The lowest BCUT2D eigenvalue weighted by molar-refractivity contribution is 0.133. The first kappa shape index (κ1) is 16.3. The van der Waals surface area contributed by atoms with Gasteiger partial charge in [-0.2, -0.15) is 0 Å². The summed E-state index contributed by atoms with van der Waals surface area (Å²) in [5.41, 5.74) is 3.41. The molecule has 3 heterocycles. The molecular weight excluding hydrogens is 344 g/mol. The molecule has 5 nitrogen and oxygen atoms in total. The molecule has 2 aromatic rings. The molecule has 1 aliphatic carbocycles. The largest absolute Gasteiger partial charge is 0.336 e. The quantitative estimate of drug-likeness (QED) is 0.904. The average molecular weight is 369 g/mol. The minimum atomic E-state index is -0.00488. The van der Waals surface area contributed by atoms with Gasteiger partial charge >= 0.3 is 6.03 Å². The van der Waals surface area contributed by atoms with Gasteiger partial charge in [0, 0.05) is 54.8 Å². The van der Waals surface area contributed by atoms with Crippen molar-refractivity contribution in [2.24, 2.45) is 0 Å². The maximum Gasteiger partial charge on any atom is 0.321 e. The number of aromatic nitrogens is 1. The van der Waals surface area contributed by atoms with E-state index in [9.17, 15) is 4.79 Å². The van der Waals surface area contributed by atoms with Crippen molar-refractivity contribution in [1.82, 2.24) is 15.2 Å². The van der Waals surface area contributed by atoms with Crippen LogP contribution >= 0.6 is 11.3 Å². The highest BCUT2D eigenvalue weighted by Gasteiger charge is 2.27. The van der Waals surface area contributed by atoms with Crippen LogP contribution in [0.5, 0.6) is 0 Å².